The summed E-state index contributed by atoms with van der Waals surface area (Å²) in [4.78, 5) is 60.5. The lowest BCUT2D eigenvalue weighted by Crippen LogP contribution is -2.41. The lowest BCUT2D eigenvalue weighted by atomic mass is 10.1. The lowest BCUT2D eigenvalue weighted by molar-refractivity contribution is -0.138. The highest BCUT2D eigenvalue weighted by Crippen LogP contribution is 2.11. The number of nitrogens with zero attached hydrogens (tertiary/aromatic N) is 1. The largest absolute Gasteiger partial charge is 0.481 e. The number of hydrogen-bond donors (Lipinski definition) is 3. The molecule has 2 amide bonds. The SMILES string of the molecule is O=CC(CC(=O)O)NC(=O)Cn1c(CCc2ccccc2)ccc(NC(=O)CCc2ccccc2)c1=O. The van der Waals surface area contributed by atoms with E-state index in [0.717, 1.165) is 11.1 Å². The second-order valence-electron chi connectivity index (χ2n) is 8.56. The Kier molecular flexibility index (Phi) is 9.90. The molecule has 9 nitrogen and oxygen atoms in total. The number of rotatable bonds is 13. The number of carbonyl (C=O) groups excluding carboxylic acids is 3. The zero-order chi connectivity index (χ0) is 26.6. The van der Waals surface area contributed by atoms with E-state index in [4.69, 9.17) is 5.11 Å². The minimum atomic E-state index is -1.24. The molecule has 0 bridgehead atoms. The van der Waals surface area contributed by atoms with Crippen molar-refractivity contribution < 1.29 is 24.3 Å². The maximum Gasteiger partial charge on any atom is 0.305 e. The number of carboxylic acid groups (broad SMARTS) is 1. The van der Waals surface area contributed by atoms with Gasteiger partial charge in [0, 0.05) is 12.1 Å². The van der Waals surface area contributed by atoms with Crippen molar-refractivity contribution in [1.82, 2.24) is 9.88 Å². The van der Waals surface area contributed by atoms with Crippen molar-refractivity contribution in [1.29, 1.82) is 0 Å². The van der Waals surface area contributed by atoms with E-state index in [0.29, 0.717) is 31.2 Å². The molecular formula is C28H29N3O6. The van der Waals surface area contributed by atoms with Gasteiger partial charge in [0.2, 0.25) is 11.8 Å². The second-order valence-corrected chi connectivity index (χ2v) is 8.56. The molecule has 1 unspecified atom stereocenters. The molecule has 192 valence electrons. The fourth-order valence-electron chi connectivity index (χ4n) is 3.85. The third-order valence-corrected chi connectivity index (χ3v) is 5.74. The standard InChI is InChI=1S/C28H29N3O6/c32-19-22(17-27(35)36)29-26(34)18-31-23(13-11-20-7-3-1-4-8-20)14-15-24(28(31)37)30-25(33)16-12-21-9-5-2-6-10-21/h1-10,14-15,19,22H,11-13,16-18H2,(H,29,34)(H,30,33)(H,35,36). The van der Waals surface area contributed by atoms with Gasteiger partial charge < -0.3 is 25.1 Å². The quantitative estimate of drug-likeness (QED) is 0.307. The Bertz CT molecular complexity index is 1290. The maximum atomic E-state index is 13.3. The number of aldehydes is 1. The summed E-state index contributed by atoms with van der Waals surface area (Å²) in [6, 6.07) is 21.1. The van der Waals surface area contributed by atoms with E-state index < -0.39 is 36.4 Å². The zero-order valence-electron chi connectivity index (χ0n) is 20.3. The van der Waals surface area contributed by atoms with Crippen LogP contribution >= 0.6 is 0 Å². The number of carbonyl (C=O) groups is 4. The Labute approximate surface area is 214 Å². The van der Waals surface area contributed by atoms with Gasteiger partial charge in [0.15, 0.2) is 0 Å². The summed E-state index contributed by atoms with van der Waals surface area (Å²) in [5.41, 5.74) is 2.08. The van der Waals surface area contributed by atoms with Gasteiger partial charge in [-0.05, 0) is 42.5 Å². The van der Waals surface area contributed by atoms with Crippen molar-refractivity contribution >= 4 is 29.8 Å². The molecule has 1 atom stereocenters. The van der Waals surface area contributed by atoms with Crippen LogP contribution in [-0.4, -0.2) is 39.8 Å². The predicted octanol–water partition coefficient (Wildman–Crippen LogP) is 2.36. The second kappa shape index (κ2) is 13.5. The van der Waals surface area contributed by atoms with Crippen LogP contribution in [0.25, 0.3) is 0 Å². The Morgan fingerprint density at radius 2 is 1.46 bits per heavy atom. The molecule has 0 spiro atoms. The highest BCUT2D eigenvalue weighted by atomic mass is 16.4. The van der Waals surface area contributed by atoms with Gasteiger partial charge >= 0.3 is 5.97 Å². The van der Waals surface area contributed by atoms with E-state index in [-0.39, 0.29) is 18.0 Å². The van der Waals surface area contributed by atoms with Crippen molar-refractivity contribution in [2.24, 2.45) is 0 Å². The van der Waals surface area contributed by atoms with Crippen molar-refractivity contribution in [2.75, 3.05) is 5.32 Å². The van der Waals surface area contributed by atoms with Crippen LogP contribution in [0.15, 0.2) is 77.6 Å². The Morgan fingerprint density at radius 1 is 0.838 bits per heavy atom. The molecule has 0 saturated heterocycles. The molecule has 37 heavy (non-hydrogen) atoms. The highest BCUT2D eigenvalue weighted by molar-refractivity contribution is 5.90. The topological polar surface area (TPSA) is 135 Å². The summed E-state index contributed by atoms with van der Waals surface area (Å²) in [6.07, 6.45) is 1.52. The molecule has 3 N–H and O–H groups in total. The minimum Gasteiger partial charge on any atom is -0.481 e. The first-order valence-corrected chi connectivity index (χ1v) is 11.9. The normalized spacial score (nSPS) is 11.4. The fourth-order valence-corrected chi connectivity index (χ4v) is 3.85. The van der Waals surface area contributed by atoms with Gasteiger partial charge in [-0.15, -0.1) is 0 Å². The summed E-state index contributed by atoms with van der Waals surface area (Å²) in [5, 5.41) is 13.9. The zero-order valence-corrected chi connectivity index (χ0v) is 20.3. The average molecular weight is 504 g/mol. The van der Waals surface area contributed by atoms with E-state index in [9.17, 15) is 24.0 Å². The van der Waals surface area contributed by atoms with Crippen LogP contribution in [0, 0.1) is 0 Å². The van der Waals surface area contributed by atoms with Crippen LogP contribution in [0.2, 0.25) is 0 Å². The molecule has 2 aromatic carbocycles. The third-order valence-electron chi connectivity index (χ3n) is 5.74. The molecule has 9 heteroatoms. The first-order chi connectivity index (χ1) is 17.9. The fraction of sp³-hybridized carbons (Fsp3) is 0.250. The van der Waals surface area contributed by atoms with Crippen LogP contribution < -0.4 is 16.2 Å². The first-order valence-electron chi connectivity index (χ1n) is 11.9. The molecule has 0 aliphatic rings. The van der Waals surface area contributed by atoms with Gasteiger partial charge in [0.1, 0.15) is 18.5 Å². The number of aromatic nitrogens is 1. The smallest absolute Gasteiger partial charge is 0.305 e. The number of aliphatic carboxylic acids is 1. The summed E-state index contributed by atoms with van der Waals surface area (Å²) in [5.74, 6) is -2.26. The molecule has 1 aromatic heterocycles. The Hall–Kier alpha value is -4.53. The van der Waals surface area contributed by atoms with Gasteiger partial charge in [-0.3, -0.25) is 19.2 Å². The predicted molar refractivity (Wildman–Crippen MR) is 138 cm³/mol. The lowest BCUT2D eigenvalue weighted by Gasteiger charge is -2.17. The van der Waals surface area contributed by atoms with E-state index in [1.165, 1.54) is 10.6 Å². The molecule has 0 saturated carbocycles. The van der Waals surface area contributed by atoms with Crippen LogP contribution in [0.1, 0.15) is 29.7 Å². The van der Waals surface area contributed by atoms with Crippen LogP contribution in [0.3, 0.4) is 0 Å². The van der Waals surface area contributed by atoms with Gasteiger partial charge in [-0.25, -0.2) is 0 Å². The average Bonchev–Trinajstić information content (AvgIpc) is 2.89. The molecule has 3 rings (SSSR count). The summed E-state index contributed by atoms with van der Waals surface area (Å²) in [7, 11) is 0. The number of benzene rings is 2. The third kappa shape index (κ3) is 8.57. The molecule has 0 aliphatic heterocycles. The van der Waals surface area contributed by atoms with Crippen molar-refractivity contribution in [3.05, 3.63) is 100.0 Å². The van der Waals surface area contributed by atoms with Crippen molar-refractivity contribution in [2.45, 2.75) is 44.7 Å². The number of aryl methyl sites for hydroxylation is 3. The summed E-state index contributed by atoms with van der Waals surface area (Å²) >= 11 is 0. The molecule has 3 aromatic rings. The van der Waals surface area contributed by atoms with Crippen LogP contribution in [0.4, 0.5) is 5.69 Å². The van der Waals surface area contributed by atoms with Crippen LogP contribution in [0.5, 0.6) is 0 Å². The number of pyridine rings is 1. The van der Waals surface area contributed by atoms with E-state index >= 15 is 0 Å². The molecule has 0 fully saturated rings. The summed E-state index contributed by atoms with van der Waals surface area (Å²) < 4.78 is 1.24. The number of amides is 2. The minimum absolute atomic E-state index is 0.0341. The first kappa shape index (κ1) is 27.1. The summed E-state index contributed by atoms with van der Waals surface area (Å²) in [6.45, 7) is -0.430. The van der Waals surface area contributed by atoms with Crippen molar-refractivity contribution in [3.63, 3.8) is 0 Å². The van der Waals surface area contributed by atoms with Gasteiger partial charge in [0.05, 0.1) is 12.5 Å². The number of nitrogens with one attached hydrogen (secondary N) is 2. The molecular weight excluding hydrogens is 474 g/mol. The number of anilines is 1. The van der Waals surface area contributed by atoms with Gasteiger partial charge in [-0.1, -0.05) is 60.7 Å². The molecule has 1 heterocycles. The Balaban J connectivity index is 1.78. The van der Waals surface area contributed by atoms with Gasteiger partial charge in [-0.2, -0.15) is 0 Å². The maximum absolute atomic E-state index is 13.3. The molecule has 0 radical (unpaired) electrons. The van der Waals surface area contributed by atoms with Gasteiger partial charge in [0.25, 0.3) is 5.56 Å². The van der Waals surface area contributed by atoms with Crippen molar-refractivity contribution in [3.8, 4) is 0 Å². The number of carboxylic acids is 1. The van der Waals surface area contributed by atoms with E-state index in [2.05, 4.69) is 10.6 Å². The van der Waals surface area contributed by atoms with E-state index in [1.54, 1.807) is 6.07 Å². The molecule has 0 aliphatic carbocycles. The van der Waals surface area contributed by atoms with E-state index in [1.807, 2.05) is 60.7 Å². The Morgan fingerprint density at radius 3 is 2.05 bits per heavy atom. The highest BCUT2D eigenvalue weighted by Gasteiger charge is 2.18. The number of hydrogen-bond acceptors (Lipinski definition) is 5. The monoisotopic (exact) mass is 503 g/mol. The van der Waals surface area contributed by atoms with Crippen LogP contribution in [-0.2, 0) is 45.0 Å².